The Morgan fingerprint density at radius 3 is 2.73 bits per heavy atom. The summed E-state index contributed by atoms with van der Waals surface area (Å²) in [6, 6.07) is 5.10. The van der Waals surface area contributed by atoms with Gasteiger partial charge in [0, 0.05) is 6.08 Å². The molecule has 1 aromatic rings. The number of carbonyl (C=O) groups is 1. The number of allylic oxidation sites excluding steroid dienone is 1. The largest absolute Gasteiger partial charge is 0.458 e. The van der Waals surface area contributed by atoms with Crippen molar-refractivity contribution in [1.82, 2.24) is 0 Å². The van der Waals surface area contributed by atoms with Crippen LogP contribution in [0.4, 0.5) is 0 Å². The van der Waals surface area contributed by atoms with Gasteiger partial charge in [-0.1, -0.05) is 35.3 Å². The quantitative estimate of drug-likeness (QED) is 0.600. The molecule has 2 nitrogen and oxygen atoms in total. The van der Waals surface area contributed by atoms with Crippen LogP contribution in [0.25, 0.3) is 0 Å². The lowest BCUT2D eigenvalue weighted by Crippen LogP contribution is -2.00. The molecule has 0 saturated carbocycles. The van der Waals surface area contributed by atoms with Crippen molar-refractivity contribution in [3.05, 3.63) is 46.0 Å². The minimum Gasteiger partial charge on any atom is -0.458 e. The van der Waals surface area contributed by atoms with Gasteiger partial charge in [0.25, 0.3) is 0 Å². The Morgan fingerprint density at radius 2 is 2.13 bits per heavy atom. The monoisotopic (exact) mass is 244 g/mol. The Morgan fingerprint density at radius 1 is 1.40 bits per heavy atom. The number of rotatable bonds is 3. The van der Waals surface area contributed by atoms with Crippen molar-refractivity contribution < 1.29 is 9.53 Å². The van der Waals surface area contributed by atoms with E-state index in [0.29, 0.717) is 10.0 Å². The van der Waals surface area contributed by atoms with Gasteiger partial charge in [-0.15, -0.1) is 0 Å². The average Bonchev–Trinajstić information content (AvgIpc) is 2.20. The molecule has 0 N–H and O–H groups in total. The predicted octanol–water partition coefficient (Wildman–Crippen LogP) is 3.61. The van der Waals surface area contributed by atoms with Crippen molar-refractivity contribution in [2.45, 2.75) is 13.5 Å². The van der Waals surface area contributed by atoms with Crippen LogP contribution in [0.1, 0.15) is 12.5 Å². The van der Waals surface area contributed by atoms with Crippen LogP contribution in [0, 0.1) is 0 Å². The van der Waals surface area contributed by atoms with Crippen LogP contribution in [0.15, 0.2) is 30.4 Å². The summed E-state index contributed by atoms with van der Waals surface area (Å²) in [5.74, 6) is -0.372. The van der Waals surface area contributed by atoms with E-state index in [1.54, 1.807) is 31.2 Å². The first-order chi connectivity index (χ1) is 7.13. The zero-order valence-corrected chi connectivity index (χ0v) is 9.68. The summed E-state index contributed by atoms with van der Waals surface area (Å²) in [6.07, 6.45) is 2.98. The van der Waals surface area contributed by atoms with E-state index in [1.807, 2.05) is 0 Å². The fraction of sp³-hybridized carbons (Fsp3) is 0.182. The molecule has 0 heterocycles. The Balaban J connectivity index is 2.58. The normalized spacial score (nSPS) is 10.6. The SMILES string of the molecule is CC=CC(=O)OCc1ccc(Cl)c(Cl)c1. The maximum atomic E-state index is 11.0. The molecule has 0 aliphatic carbocycles. The fourth-order valence-electron chi connectivity index (χ4n) is 0.968. The third-order valence-corrected chi connectivity index (χ3v) is 2.41. The lowest BCUT2D eigenvalue weighted by molar-refractivity contribution is -0.139. The van der Waals surface area contributed by atoms with Crippen LogP contribution in [-0.2, 0) is 16.1 Å². The highest BCUT2D eigenvalue weighted by Crippen LogP contribution is 2.22. The van der Waals surface area contributed by atoms with Crippen molar-refractivity contribution in [3.63, 3.8) is 0 Å². The van der Waals surface area contributed by atoms with Crippen LogP contribution in [-0.4, -0.2) is 5.97 Å². The maximum absolute atomic E-state index is 11.0. The van der Waals surface area contributed by atoms with E-state index in [2.05, 4.69) is 0 Å². The van der Waals surface area contributed by atoms with Crippen molar-refractivity contribution in [3.8, 4) is 0 Å². The number of hydrogen-bond acceptors (Lipinski definition) is 2. The van der Waals surface area contributed by atoms with Crippen LogP contribution in [0.3, 0.4) is 0 Å². The van der Waals surface area contributed by atoms with Crippen molar-refractivity contribution in [2.75, 3.05) is 0 Å². The molecule has 0 aliphatic rings. The van der Waals surface area contributed by atoms with Gasteiger partial charge < -0.3 is 4.74 Å². The van der Waals surface area contributed by atoms with Gasteiger partial charge in [-0.05, 0) is 24.6 Å². The van der Waals surface area contributed by atoms with E-state index in [1.165, 1.54) is 6.08 Å². The van der Waals surface area contributed by atoms with E-state index in [0.717, 1.165) is 5.56 Å². The van der Waals surface area contributed by atoms with Gasteiger partial charge in [-0.25, -0.2) is 4.79 Å². The van der Waals surface area contributed by atoms with Crippen LogP contribution < -0.4 is 0 Å². The highest BCUT2D eigenvalue weighted by molar-refractivity contribution is 6.42. The molecule has 0 aromatic heterocycles. The summed E-state index contributed by atoms with van der Waals surface area (Å²) in [5.41, 5.74) is 0.808. The molecular weight excluding hydrogens is 235 g/mol. The first kappa shape index (κ1) is 12.1. The van der Waals surface area contributed by atoms with Crippen LogP contribution in [0.5, 0.6) is 0 Å². The molecule has 80 valence electrons. The fourth-order valence-corrected chi connectivity index (χ4v) is 1.29. The molecule has 1 aromatic carbocycles. The summed E-state index contributed by atoms with van der Waals surface area (Å²) in [7, 11) is 0. The maximum Gasteiger partial charge on any atom is 0.330 e. The molecular formula is C11H10Cl2O2. The summed E-state index contributed by atoms with van der Waals surface area (Å²) >= 11 is 11.5. The highest BCUT2D eigenvalue weighted by atomic mass is 35.5. The Hall–Kier alpha value is -0.990. The zero-order chi connectivity index (χ0) is 11.3. The van der Waals surface area contributed by atoms with Crippen LogP contribution >= 0.6 is 23.2 Å². The number of ether oxygens (including phenoxy) is 1. The first-order valence-electron chi connectivity index (χ1n) is 4.37. The van der Waals surface area contributed by atoms with E-state index >= 15 is 0 Å². The molecule has 1 rings (SSSR count). The Bertz CT molecular complexity index is 386. The molecule has 0 unspecified atom stereocenters. The minimum absolute atomic E-state index is 0.195. The summed E-state index contributed by atoms with van der Waals surface area (Å²) in [5, 5.41) is 0.941. The van der Waals surface area contributed by atoms with E-state index in [-0.39, 0.29) is 12.6 Å². The van der Waals surface area contributed by atoms with Crippen molar-refractivity contribution in [1.29, 1.82) is 0 Å². The number of esters is 1. The number of benzene rings is 1. The lowest BCUT2D eigenvalue weighted by Gasteiger charge is -2.03. The van der Waals surface area contributed by atoms with Crippen molar-refractivity contribution >= 4 is 29.2 Å². The van der Waals surface area contributed by atoms with E-state index < -0.39 is 0 Å². The van der Waals surface area contributed by atoms with E-state index in [9.17, 15) is 4.79 Å². The van der Waals surface area contributed by atoms with E-state index in [4.69, 9.17) is 27.9 Å². The topological polar surface area (TPSA) is 26.3 Å². The van der Waals surface area contributed by atoms with Gasteiger partial charge in [0.2, 0.25) is 0 Å². The second-order valence-electron chi connectivity index (χ2n) is 2.86. The Kier molecular flexibility index (Phi) is 4.66. The summed E-state index contributed by atoms with van der Waals surface area (Å²) in [4.78, 5) is 11.0. The standard InChI is InChI=1S/C11H10Cl2O2/c1-2-3-11(14)15-7-8-4-5-9(12)10(13)6-8/h2-6H,7H2,1H3. The third kappa shape index (κ3) is 3.94. The van der Waals surface area contributed by atoms with Gasteiger partial charge in [0.1, 0.15) is 6.61 Å². The third-order valence-electron chi connectivity index (χ3n) is 1.67. The second kappa shape index (κ2) is 5.79. The van der Waals surface area contributed by atoms with Crippen LogP contribution in [0.2, 0.25) is 10.0 Å². The summed E-state index contributed by atoms with van der Waals surface area (Å²) < 4.78 is 4.94. The first-order valence-corrected chi connectivity index (χ1v) is 5.12. The molecule has 0 bridgehead atoms. The second-order valence-corrected chi connectivity index (χ2v) is 3.67. The highest BCUT2D eigenvalue weighted by Gasteiger charge is 2.01. The molecule has 0 radical (unpaired) electrons. The van der Waals surface area contributed by atoms with Gasteiger partial charge in [0.05, 0.1) is 10.0 Å². The molecule has 0 atom stereocenters. The lowest BCUT2D eigenvalue weighted by atomic mass is 10.2. The van der Waals surface area contributed by atoms with Crippen molar-refractivity contribution in [2.24, 2.45) is 0 Å². The molecule has 0 saturated heterocycles. The predicted molar refractivity (Wildman–Crippen MR) is 61.1 cm³/mol. The molecule has 15 heavy (non-hydrogen) atoms. The molecule has 0 spiro atoms. The molecule has 0 amide bonds. The Labute approximate surface area is 98.4 Å². The smallest absolute Gasteiger partial charge is 0.330 e. The molecule has 0 fully saturated rings. The average molecular weight is 245 g/mol. The van der Waals surface area contributed by atoms with Gasteiger partial charge in [-0.2, -0.15) is 0 Å². The van der Waals surface area contributed by atoms with Gasteiger partial charge in [-0.3, -0.25) is 0 Å². The number of carbonyl (C=O) groups excluding carboxylic acids is 1. The number of hydrogen-bond donors (Lipinski definition) is 0. The van der Waals surface area contributed by atoms with Gasteiger partial charge in [0.15, 0.2) is 0 Å². The zero-order valence-electron chi connectivity index (χ0n) is 8.17. The molecule has 4 heteroatoms. The summed E-state index contributed by atoms with van der Waals surface area (Å²) in [6.45, 7) is 1.94. The minimum atomic E-state index is -0.372. The van der Waals surface area contributed by atoms with Gasteiger partial charge >= 0.3 is 5.97 Å². The number of halogens is 2. The molecule has 0 aliphatic heterocycles.